The van der Waals surface area contributed by atoms with Crippen LogP contribution in [-0.2, 0) is 0 Å². The maximum atomic E-state index is 8.92. The molecule has 0 amide bonds. The largest absolute Gasteiger partial charge is 0.394 e. The van der Waals surface area contributed by atoms with Gasteiger partial charge in [-0.25, -0.2) is 9.97 Å². The second kappa shape index (κ2) is 4.04. The van der Waals surface area contributed by atoms with Crippen molar-refractivity contribution in [2.45, 2.75) is 13.0 Å². The maximum absolute atomic E-state index is 8.92. The maximum Gasteiger partial charge on any atom is 0.134 e. The molecule has 1 heterocycles. The van der Waals surface area contributed by atoms with Crippen LogP contribution in [0.25, 0.3) is 0 Å². The molecule has 0 saturated carbocycles. The van der Waals surface area contributed by atoms with E-state index in [9.17, 15) is 0 Å². The van der Waals surface area contributed by atoms with Crippen molar-refractivity contribution >= 4 is 11.6 Å². The van der Waals surface area contributed by atoms with Gasteiger partial charge < -0.3 is 15.7 Å². The zero-order valence-corrected chi connectivity index (χ0v) is 7.81. The number of nitrogens with two attached hydrogens (primary N) is 1. The van der Waals surface area contributed by atoms with Gasteiger partial charge in [0, 0.05) is 13.1 Å². The molecule has 1 aromatic heterocycles. The van der Waals surface area contributed by atoms with E-state index in [1.54, 1.807) is 6.07 Å². The van der Waals surface area contributed by atoms with Crippen LogP contribution in [0.2, 0.25) is 0 Å². The molecule has 0 aliphatic carbocycles. The Labute approximate surface area is 77.2 Å². The third-order valence-electron chi connectivity index (χ3n) is 1.96. The highest BCUT2D eigenvalue weighted by molar-refractivity contribution is 5.45. The molecule has 0 fully saturated rings. The van der Waals surface area contributed by atoms with E-state index in [1.807, 2.05) is 18.9 Å². The van der Waals surface area contributed by atoms with Crippen LogP contribution in [0.5, 0.6) is 0 Å². The quantitative estimate of drug-likeness (QED) is 0.681. The summed E-state index contributed by atoms with van der Waals surface area (Å²) in [5.74, 6) is 1.15. The highest BCUT2D eigenvalue weighted by Gasteiger charge is 2.09. The Morgan fingerprint density at radius 2 is 2.31 bits per heavy atom. The van der Waals surface area contributed by atoms with E-state index in [0.717, 1.165) is 0 Å². The van der Waals surface area contributed by atoms with Gasteiger partial charge in [-0.05, 0) is 6.92 Å². The summed E-state index contributed by atoms with van der Waals surface area (Å²) < 4.78 is 0. The van der Waals surface area contributed by atoms with Crippen molar-refractivity contribution in [1.29, 1.82) is 0 Å². The number of likely N-dealkylation sites (N-methyl/N-ethyl adjacent to an activating group) is 1. The molecule has 1 unspecified atom stereocenters. The Balaban J connectivity index is 2.82. The van der Waals surface area contributed by atoms with Crippen LogP contribution in [0.15, 0.2) is 12.4 Å². The fourth-order valence-electron chi connectivity index (χ4n) is 0.903. The van der Waals surface area contributed by atoms with Crippen molar-refractivity contribution in [1.82, 2.24) is 9.97 Å². The molecule has 5 heteroatoms. The average molecular weight is 182 g/mol. The summed E-state index contributed by atoms with van der Waals surface area (Å²) in [6.07, 6.45) is 1.41. The van der Waals surface area contributed by atoms with Gasteiger partial charge in [0.15, 0.2) is 0 Å². The van der Waals surface area contributed by atoms with Gasteiger partial charge in [0.05, 0.1) is 12.6 Å². The minimum Gasteiger partial charge on any atom is -0.394 e. The first-order chi connectivity index (χ1) is 6.15. The number of aliphatic hydroxyl groups is 1. The summed E-state index contributed by atoms with van der Waals surface area (Å²) in [7, 11) is 1.85. The van der Waals surface area contributed by atoms with E-state index in [-0.39, 0.29) is 12.6 Å². The lowest BCUT2D eigenvalue weighted by Gasteiger charge is -2.23. The summed E-state index contributed by atoms with van der Waals surface area (Å²) in [5.41, 5.74) is 5.50. The van der Waals surface area contributed by atoms with Gasteiger partial charge in [0.25, 0.3) is 0 Å². The van der Waals surface area contributed by atoms with E-state index < -0.39 is 0 Å². The molecule has 0 aliphatic rings. The summed E-state index contributed by atoms with van der Waals surface area (Å²) in [6.45, 7) is 1.98. The fraction of sp³-hybridized carbons (Fsp3) is 0.500. The van der Waals surface area contributed by atoms with Gasteiger partial charge in [0.2, 0.25) is 0 Å². The molecular formula is C8H14N4O. The van der Waals surface area contributed by atoms with E-state index in [2.05, 4.69) is 9.97 Å². The lowest BCUT2D eigenvalue weighted by molar-refractivity contribution is 0.270. The number of hydrogen-bond donors (Lipinski definition) is 2. The van der Waals surface area contributed by atoms with Crippen LogP contribution >= 0.6 is 0 Å². The average Bonchev–Trinajstić information content (AvgIpc) is 2.15. The summed E-state index contributed by atoms with van der Waals surface area (Å²) in [6, 6.07) is 1.70. The highest BCUT2D eigenvalue weighted by Crippen LogP contribution is 2.12. The van der Waals surface area contributed by atoms with Crippen molar-refractivity contribution in [3.63, 3.8) is 0 Å². The molecule has 0 aliphatic heterocycles. The number of rotatable bonds is 3. The Morgan fingerprint density at radius 1 is 1.62 bits per heavy atom. The van der Waals surface area contributed by atoms with Gasteiger partial charge in [-0.3, -0.25) is 0 Å². The Kier molecular flexibility index (Phi) is 3.02. The number of anilines is 2. The van der Waals surface area contributed by atoms with Crippen molar-refractivity contribution in [2.75, 3.05) is 24.3 Å². The normalized spacial score (nSPS) is 12.5. The van der Waals surface area contributed by atoms with Crippen molar-refractivity contribution < 1.29 is 5.11 Å². The van der Waals surface area contributed by atoms with E-state index in [1.165, 1.54) is 6.33 Å². The number of nitrogen functional groups attached to an aromatic ring is 1. The molecule has 72 valence electrons. The summed E-state index contributed by atoms with van der Waals surface area (Å²) >= 11 is 0. The fourth-order valence-corrected chi connectivity index (χ4v) is 0.903. The van der Waals surface area contributed by atoms with Crippen LogP contribution < -0.4 is 10.6 Å². The van der Waals surface area contributed by atoms with Crippen LogP contribution in [0.3, 0.4) is 0 Å². The first-order valence-corrected chi connectivity index (χ1v) is 4.06. The Hall–Kier alpha value is -1.36. The summed E-state index contributed by atoms with van der Waals surface area (Å²) in [4.78, 5) is 9.66. The SMILES string of the molecule is CC(CO)N(C)c1cc(N)ncn1. The van der Waals surface area contributed by atoms with E-state index in [0.29, 0.717) is 11.6 Å². The number of nitrogens with zero attached hydrogens (tertiary/aromatic N) is 3. The monoisotopic (exact) mass is 182 g/mol. The molecule has 0 bridgehead atoms. The van der Waals surface area contributed by atoms with Gasteiger partial charge in [-0.1, -0.05) is 0 Å². The minimum atomic E-state index is 0.0225. The molecule has 0 saturated heterocycles. The molecule has 13 heavy (non-hydrogen) atoms. The Bertz CT molecular complexity index is 279. The van der Waals surface area contributed by atoms with Gasteiger partial charge >= 0.3 is 0 Å². The molecule has 1 atom stereocenters. The molecule has 3 N–H and O–H groups in total. The molecule has 5 nitrogen and oxygen atoms in total. The molecular weight excluding hydrogens is 168 g/mol. The first kappa shape index (κ1) is 9.73. The minimum absolute atomic E-state index is 0.0225. The smallest absolute Gasteiger partial charge is 0.134 e. The molecule has 1 rings (SSSR count). The van der Waals surface area contributed by atoms with Crippen molar-refractivity contribution in [3.05, 3.63) is 12.4 Å². The number of aromatic nitrogens is 2. The molecule has 1 aromatic rings. The second-order valence-electron chi connectivity index (χ2n) is 2.94. The highest BCUT2D eigenvalue weighted by atomic mass is 16.3. The zero-order valence-electron chi connectivity index (χ0n) is 7.81. The van der Waals surface area contributed by atoms with Gasteiger partial charge in [-0.2, -0.15) is 0 Å². The van der Waals surface area contributed by atoms with Crippen molar-refractivity contribution in [2.24, 2.45) is 0 Å². The topological polar surface area (TPSA) is 75.3 Å². The van der Waals surface area contributed by atoms with Crippen LogP contribution in [0.4, 0.5) is 11.6 Å². The predicted octanol–water partition coefficient (Wildman–Crippen LogP) is -0.124. The summed E-state index contributed by atoms with van der Waals surface area (Å²) in [5, 5.41) is 8.92. The second-order valence-corrected chi connectivity index (χ2v) is 2.94. The van der Waals surface area contributed by atoms with E-state index in [4.69, 9.17) is 10.8 Å². The molecule has 0 radical (unpaired) electrons. The standard InChI is InChI=1S/C8H14N4O/c1-6(4-13)12(2)8-3-7(9)10-5-11-8/h3,5-6,13H,4H2,1-2H3,(H2,9,10,11). The zero-order chi connectivity index (χ0) is 9.84. The number of aliphatic hydroxyl groups excluding tert-OH is 1. The molecule has 0 aromatic carbocycles. The predicted molar refractivity (Wildman–Crippen MR) is 51.4 cm³/mol. The third kappa shape index (κ3) is 2.29. The number of hydrogen-bond acceptors (Lipinski definition) is 5. The van der Waals surface area contributed by atoms with Gasteiger partial charge in [0.1, 0.15) is 18.0 Å². The lowest BCUT2D eigenvalue weighted by atomic mass is 10.3. The molecule has 0 spiro atoms. The van der Waals surface area contributed by atoms with E-state index >= 15 is 0 Å². The van der Waals surface area contributed by atoms with Crippen molar-refractivity contribution in [3.8, 4) is 0 Å². The van der Waals surface area contributed by atoms with Crippen LogP contribution in [-0.4, -0.2) is 34.8 Å². The first-order valence-electron chi connectivity index (χ1n) is 4.06. The van der Waals surface area contributed by atoms with Crippen LogP contribution in [0, 0.1) is 0 Å². The lowest BCUT2D eigenvalue weighted by Crippen LogP contribution is -2.32. The van der Waals surface area contributed by atoms with Gasteiger partial charge in [-0.15, -0.1) is 0 Å². The Morgan fingerprint density at radius 3 is 2.85 bits per heavy atom. The van der Waals surface area contributed by atoms with Crippen LogP contribution in [0.1, 0.15) is 6.92 Å². The third-order valence-corrected chi connectivity index (χ3v) is 1.96.